The Bertz CT molecular complexity index is 328. The molecule has 0 aliphatic rings. The van der Waals surface area contributed by atoms with Gasteiger partial charge >= 0.3 is 0 Å². The summed E-state index contributed by atoms with van der Waals surface area (Å²) in [6.07, 6.45) is 0.414. The minimum atomic E-state index is -1.07. The lowest BCUT2D eigenvalue weighted by Gasteiger charge is -2.03. The smallest absolute Gasteiger partial charge is 0.159 e. The number of hydrogen-bond donors (Lipinski definition) is 1. The van der Waals surface area contributed by atoms with Crippen LogP contribution in [0, 0.1) is 11.6 Å². The van der Waals surface area contributed by atoms with Crippen LogP contribution < -0.4 is 5.90 Å². The van der Waals surface area contributed by atoms with Gasteiger partial charge in [0.2, 0.25) is 0 Å². The van der Waals surface area contributed by atoms with Crippen LogP contribution in [-0.2, 0) is 11.4 Å². The molecular weight excluding hydrogens is 180 g/mol. The molecular formula is C8H7F2NO2. The van der Waals surface area contributed by atoms with Gasteiger partial charge in [-0.15, -0.1) is 0 Å². The second-order valence-corrected chi connectivity index (χ2v) is 2.39. The summed E-state index contributed by atoms with van der Waals surface area (Å²) >= 11 is 0. The van der Waals surface area contributed by atoms with Gasteiger partial charge in [0.05, 0.1) is 6.61 Å². The minimum absolute atomic E-state index is 0.0318. The minimum Gasteiger partial charge on any atom is -0.300 e. The molecule has 0 heterocycles. The molecule has 0 atom stereocenters. The summed E-state index contributed by atoms with van der Waals surface area (Å²) in [7, 11) is 0. The molecule has 0 aliphatic carbocycles. The molecule has 13 heavy (non-hydrogen) atoms. The van der Waals surface area contributed by atoms with Crippen molar-refractivity contribution in [1.82, 2.24) is 0 Å². The average Bonchev–Trinajstić information content (AvgIpc) is 2.11. The van der Waals surface area contributed by atoms with Gasteiger partial charge in [-0.1, -0.05) is 0 Å². The summed E-state index contributed by atoms with van der Waals surface area (Å²) in [6, 6.07) is 1.68. The number of hydrogen-bond acceptors (Lipinski definition) is 3. The van der Waals surface area contributed by atoms with Crippen LogP contribution in [0.5, 0.6) is 0 Å². The van der Waals surface area contributed by atoms with Crippen molar-refractivity contribution in [2.75, 3.05) is 0 Å². The van der Waals surface area contributed by atoms with Gasteiger partial charge in [0.25, 0.3) is 0 Å². The summed E-state index contributed by atoms with van der Waals surface area (Å²) in [5.74, 6) is 2.64. The van der Waals surface area contributed by atoms with Gasteiger partial charge in [-0.2, -0.15) is 0 Å². The molecule has 1 aromatic carbocycles. The second kappa shape index (κ2) is 4.06. The molecule has 0 amide bonds. The highest BCUT2D eigenvalue weighted by Gasteiger charge is 2.08. The van der Waals surface area contributed by atoms with Crippen LogP contribution in [0.25, 0.3) is 0 Å². The van der Waals surface area contributed by atoms with Crippen LogP contribution in [-0.4, -0.2) is 6.29 Å². The van der Waals surface area contributed by atoms with Gasteiger partial charge in [0.15, 0.2) is 17.9 Å². The Kier molecular flexibility index (Phi) is 3.05. The van der Waals surface area contributed by atoms with Crippen LogP contribution in [0.4, 0.5) is 8.78 Å². The Hall–Kier alpha value is -1.33. The molecule has 0 fully saturated rings. The Labute approximate surface area is 73.1 Å². The fraction of sp³-hybridized carbons (Fsp3) is 0.125. The number of benzene rings is 1. The molecule has 0 unspecified atom stereocenters. The van der Waals surface area contributed by atoms with Crippen molar-refractivity contribution >= 4 is 6.29 Å². The van der Waals surface area contributed by atoms with Gasteiger partial charge < -0.3 is 0 Å². The van der Waals surface area contributed by atoms with Crippen LogP contribution in [0.2, 0.25) is 0 Å². The number of nitrogens with two attached hydrogens (primary N) is 1. The van der Waals surface area contributed by atoms with Crippen LogP contribution >= 0.6 is 0 Å². The SMILES string of the molecule is NOCc1cc(F)c(F)cc1C=O. The molecule has 0 radical (unpaired) electrons. The molecule has 0 aromatic heterocycles. The van der Waals surface area contributed by atoms with E-state index < -0.39 is 11.6 Å². The summed E-state index contributed by atoms with van der Waals surface area (Å²) in [5, 5.41) is 0. The van der Waals surface area contributed by atoms with E-state index in [0.717, 1.165) is 12.1 Å². The third kappa shape index (κ3) is 2.07. The van der Waals surface area contributed by atoms with E-state index >= 15 is 0 Å². The van der Waals surface area contributed by atoms with Crippen molar-refractivity contribution in [2.24, 2.45) is 5.90 Å². The van der Waals surface area contributed by atoms with E-state index in [4.69, 9.17) is 5.90 Å². The maximum Gasteiger partial charge on any atom is 0.159 e. The molecule has 0 spiro atoms. The second-order valence-electron chi connectivity index (χ2n) is 2.39. The summed E-state index contributed by atoms with van der Waals surface area (Å²) < 4.78 is 25.2. The fourth-order valence-corrected chi connectivity index (χ4v) is 0.928. The molecule has 0 bridgehead atoms. The maximum absolute atomic E-state index is 12.6. The van der Waals surface area contributed by atoms with Crippen molar-refractivity contribution in [3.8, 4) is 0 Å². The van der Waals surface area contributed by atoms with Gasteiger partial charge in [-0.3, -0.25) is 9.63 Å². The quantitative estimate of drug-likeness (QED) is 0.570. The van der Waals surface area contributed by atoms with Crippen LogP contribution in [0.3, 0.4) is 0 Å². The molecule has 1 aromatic rings. The third-order valence-corrected chi connectivity index (χ3v) is 1.55. The van der Waals surface area contributed by atoms with Crippen LogP contribution in [0.1, 0.15) is 15.9 Å². The highest BCUT2D eigenvalue weighted by molar-refractivity contribution is 5.77. The summed E-state index contributed by atoms with van der Waals surface area (Å²) in [5.41, 5.74) is 0.251. The highest BCUT2D eigenvalue weighted by Crippen LogP contribution is 2.13. The molecule has 70 valence electrons. The van der Waals surface area contributed by atoms with E-state index in [1.54, 1.807) is 0 Å². The zero-order valence-corrected chi connectivity index (χ0v) is 6.59. The maximum atomic E-state index is 12.6. The van der Waals surface area contributed by atoms with E-state index in [1.165, 1.54) is 0 Å². The van der Waals surface area contributed by atoms with Gasteiger partial charge in [-0.25, -0.2) is 14.7 Å². The van der Waals surface area contributed by atoms with E-state index in [-0.39, 0.29) is 17.7 Å². The molecule has 3 nitrogen and oxygen atoms in total. The van der Waals surface area contributed by atoms with Gasteiger partial charge in [-0.05, 0) is 17.7 Å². The van der Waals surface area contributed by atoms with Crippen LogP contribution in [0.15, 0.2) is 12.1 Å². The topological polar surface area (TPSA) is 52.3 Å². The molecule has 1 rings (SSSR count). The molecule has 0 saturated carbocycles. The van der Waals surface area contributed by atoms with E-state index in [0.29, 0.717) is 6.29 Å². The number of halogens is 2. The highest BCUT2D eigenvalue weighted by atomic mass is 19.2. The first-order valence-corrected chi connectivity index (χ1v) is 3.43. The Balaban J connectivity index is 3.16. The van der Waals surface area contributed by atoms with Crippen molar-refractivity contribution in [3.63, 3.8) is 0 Å². The molecule has 2 N–H and O–H groups in total. The lowest BCUT2D eigenvalue weighted by molar-refractivity contribution is 0.110. The van der Waals surface area contributed by atoms with Gasteiger partial charge in [0, 0.05) is 5.56 Å². The third-order valence-electron chi connectivity index (χ3n) is 1.55. The lowest BCUT2D eigenvalue weighted by Crippen LogP contribution is -2.03. The monoisotopic (exact) mass is 187 g/mol. The molecule has 0 saturated heterocycles. The first kappa shape index (κ1) is 9.76. The summed E-state index contributed by atoms with van der Waals surface area (Å²) in [6.45, 7) is -0.134. The van der Waals surface area contributed by atoms with E-state index in [2.05, 4.69) is 4.84 Å². The van der Waals surface area contributed by atoms with Crippen molar-refractivity contribution in [2.45, 2.75) is 6.61 Å². The average molecular weight is 187 g/mol. The normalized spacial score (nSPS) is 10.1. The van der Waals surface area contributed by atoms with Crippen molar-refractivity contribution < 1.29 is 18.4 Å². The predicted octanol–water partition coefficient (Wildman–Crippen LogP) is 1.17. The predicted molar refractivity (Wildman–Crippen MR) is 40.7 cm³/mol. The van der Waals surface area contributed by atoms with Crippen molar-refractivity contribution in [1.29, 1.82) is 0 Å². The fourth-order valence-electron chi connectivity index (χ4n) is 0.928. The lowest BCUT2D eigenvalue weighted by atomic mass is 10.1. The Morgan fingerprint density at radius 3 is 2.54 bits per heavy atom. The Morgan fingerprint density at radius 2 is 2.00 bits per heavy atom. The van der Waals surface area contributed by atoms with E-state index in [9.17, 15) is 13.6 Å². The zero-order valence-electron chi connectivity index (χ0n) is 6.59. The largest absolute Gasteiger partial charge is 0.300 e. The number of carbonyl (C=O) groups is 1. The molecule has 5 heteroatoms. The molecule has 0 aliphatic heterocycles. The standard InChI is InChI=1S/C8H7F2NO2/c9-7-1-5(3-12)6(4-13-11)2-8(7)10/h1-3H,4,11H2. The number of aldehydes is 1. The number of rotatable bonds is 3. The summed E-state index contributed by atoms with van der Waals surface area (Å²) in [4.78, 5) is 14.6. The zero-order chi connectivity index (χ0) is 9.84. The number of carbonyl (C=O) groups excluding carboxylic acids is 1. The first-order valence-electron chi connectivity index (χ1n) is 3.43. The van der Waals surface area contributed by atoms with Gasteiger partial charge in [0.1, 0.15) is 0 Å². The van der Waals surface area contributed by atoms with E-state index in [1.807, 2.05) is 0 Å². The Morgan fingerprint density at radius 1 is 1.38 bits per heavy atom. The van der Waals surface area contributed by atoms with Crippen molar-refractivity contribution in [3.05, 3.63) is 34.9 Å². The first-order chi connectivity index (χ1) is 6.19.